The summed E-state index contributed by atoms with van der Waals surface area (Å²) in [5.41, 5.74) is 4.82. The molecule has 0 saturated carbocycles. The molecule has 1 fully saturated rings. The number of rotatable bonds is 6. The molecule has 0 bridgehead atoms. The number of aliphatic hydroxyl groups is 1. The van der Waals surface area contributed by atoms with Gasteiger partial charge in [0.2, 0.25) is 5.91 Å². The van der Waals surface area contributed by atoms with Gasteiger partial charge >= 0.3 is 0 Å². The summed E-state index contributed by atoms with van der Waals surface area (Å²) in [6.07, 6.45) is 5.12. The van der Waals surface area contributed by atoms with Crippen molar-refractivity contribution in [2.75, 3.05) is 38.5 Å². The van der Waals surface area contributed by atoms with Gasteiger partial charge in [-0.1, -0.05) is 30.3 Å². The van der Waals surface area contributed by atoms with Crippen LogP contribution < -0.4 is 4.74 Å². The van der Waals surface area contributed by atoms with E-state index in [0.29, 0.717) is 18.9 Å². The zero-order chi connectivity index (χ0) is 22.6. The summed E-state index contributed by atoms with van der Waals surface area (Å²) in [5.74, 6) is 3.02. The third-order valence-corrected chi connectivity index (χ3v) is 8.39. The Kier molecular flexibility index (Phi) is 7.24. The normalized spacial score (nSPS) is 19.0. The number of fused-ring (bicyclic) bond motifs is 2. The van der Waals surface area contributed by atoms with Crippen LogP contribution in [0, 0.1) is 5.92 Å². The van der Waals surface area contributed by atoms with Crippen LogP contribution in [0.4, 0.5) is 0 Å². The summed E-state index contributed by atoms with van der Waals surface area (Å²) < 4.78 is 5.89. The van der Waals surface area contributed by atoms with Gasteiger partial charge in [0, 0.05) is 43.1 Å². The third kappa shape index (κ3) is 5.39. The van der Waals surface area contributed by atoms with Crippen molar-refractivity contribution in [2.45, 2.75) is 50.2 Å². The van der Waals surface area contributed by atoms with Crippen LogP contribution in [-0.2, 0) is 30.8 Å². The molecule has 6 heteroatoms. The highest BCUT2D eigenvalue weighted by Gasteiger charge is 2.25. The van der Waals surface area contributed by atoms with Gasteiger partial charge < -0.3 is 19.6 Å². The van der Waals surface area contributed by atoms with Crippen LogP contribution in [0.1, 0.15) is 41.5 Å². The fraction of sp³-hybridized carbons (Fsp3) is 0.519. The van der Waals surface area contributed by atoms with Crippen LogP contribution in [0.2, 0.25) is 0 Å². The molecule has 0 radical (unpaired) electrons. The Balaban J connectivity index is 1.09. The van der Waals surface area contributed by atoms with Gasteiger partial charge in [0.1, 0.15) is 5.75 Å². The smallest absolute Gasteiger partial charge is 0.224 e. The predicted molar refractivity (Wildman–Crippen MR) is 132 cm³/mol. The maximum absolute atomic E-state index is 13.0. The van der Waals surface area contributed by atoms with Crippen molar-refractivity contribution >= 4 is 17.7 Å². The molecular weight excluding hydrogens is 432 g/mol. The Hall–Kier alpha value is -2.02. The fourth-order valence-electron chi connectivity index (χ4n) is 5.34. The lowest BCUT2D eigenvalue weighted by atomic mass is 9.89. The number of hydrogen-bond acceptors (Lipinski definition) is 5. The summed E-state index contributed by atoms with van der Waals surface area (Å²) in [6, 6.07) is 12.7. The zero-order valence-electron chi connectivity index (χ0n) is 19.3. The number of piperidine rings is 1. The first-order valence-electron chi connectivity index (χ1n) is 12.3. The summed E-state index contributed by atoms with van der Waals surface area (Å²) in [7, 11) is 0. The van der Waals surface area contributed by atoms with Gasteiger partial charge in [-0.05, 0) is 66.6 Å². The molecule has 3 aliphatic heterocycles. The second-order valence-corrected chi connectivity index (χ2v) is 10.6. The quantitative estimate of drug-likeness (QED) is 0.700. The van der Waals surface area contributed by atoms with Crippen molar-refractivity contribution < 1.29 is 14.6 Å². The molecule has 1 N–H and O–H groups in total. The molecule has 3 aliphatic rings. The summed E-state index contributed by atoms with van der Waals surface area (Å²) >= 11 is 1.81. The molecule has 0 unspecified atom stereocenters. The van der Waals surface area contributed by atoms with Gasteiger partial charge in [0.15, 0.2) is 0 Å². The monoisotopic (exact) mass is 466 g/mol. The maximum Gasteiger partial charge on any atom is 0.224 e. The number of ether oxygens (including phenoxy) is 1. The number of hydrogen-bond donors (Lipinski definition) is 1. The highest BCUT2D eigenvalue weighted by molar-refractivity contribution is 7.99. The van der Waals surface area contributed by atoms with Crippen molar-refractivity contribution in [3.8, 4) is 5.75 Å². The third-order valence-electron chi connectivity index (χ3n) is 7.29. The van der Waals surface area contributed by atoms with Crippen LogP contribution in [0.25, 0.3) is 0 Å². The van der Waals surface area contributed by atoms with E-state index in [1.807, 2.05) is 28.8 Å². The minimum Gasteiger partial charge on any atom is -0.493 e. The molecule has 176 valence electrons. The van der Waals surface area contributed by atoms with E-state index < -0.39 is 0 Å². The molecule has 33 heavy (non-hydrogen) atoms. The van der Waals surface area contributed by atoms with E-state index in [4.69, 9.17) is 4.74 Å². The van der Waals surface area contributed by atoms with Gasteiger partial charge in [-0.3, -0.25) is 4.79 Å². The molecule has 5 nitrogen and oxygen atoms in total. The van der Waals surface area contributed by atoms with E-state index in [0.717, 1.165) is 68.3 Å². The van der Waals surface area contributed by atoms with E-state index in [9.17, 15) is 9.90 Å². The molecule has 0 atom stereocenters. The van der Waals surface area contributed by atoms with Gasteiger partial charge in [-0.15, -0.1) is 11.8 Å². The molecule has 3 heterocycles. The summed E-state index contributed by atoms with van der Waals surface area (Å²) in [4.78, 5) is 18.7. The zero-order valence-corrected chi connectivity index (χ0v) is 20.1. The Morgan fingerprint density at radius 2 is 2.00 bits per heavy atom. The number of para-hydroxylation sites is 1. The molecule has 1 amide bonds. The van der Waals surface area contributed by atoms with Crippen molar-refractivity contribution in [3.05, 3.63) is 58.7 Å². The van der Waals surface area contributed by atoms with E-state index in [1.54, 1.807) is 0 Å². The lowest BCUT2D eigenvalue weighted by Gasteiger charge is -2.32. The highest BCUT2D eigenvalue weighted by Crippen LogP contribution is 2.33. The first-order valence-corrected chi connectivity index (χ1v) is 13.3. The summed E-state index contributed by atoms with van der Waals surface area (Å²) in [5, 5.41) is 9.46. The molecule has 5 rings (SSSR count). The number of thioether (sulfide) groups is 1. The Morgan fingerprint density at radius 1 is 1.12 bits per heavy atom. The number of carbonyl (C=O) groups is 1. The molecule has 0 aliphatic carbocycles. The Morgan fingerprint density at radius 3 is 2.85 bits per heavy atom. The number of benzene rings is 2. The average Bonchev–Trinajstić information content (AvgIpc) is 3.23. The van der Waals surface area contributed by atoms with E-state index in [-0.39, 0.29) is 12.5 Å². The van der Waals surface area contributed by atoms with Crippen LogP contribution in [0.5, 0.6) is 5.75 Å². The topological polar surface area (TPSA) is 53.0 Å². The van der Waals surface area contributed by atoms with Gasteiger partial charge in [0.25, 0.3) is 0 Å². The minimum atomic E-state index is 0.0433. The first kappa shape index (κ1) is 22.8. The molecule has 2 aromatic rings. The predicted octanol–water partition coefficient (Wildman–Crippen LogP) is 3.89. The number of carbonyl (C=O) groups excluding carboxylic acids is 1. The molecule has 1 saturated heterocycles. The number of aliphatic hydroxyl groups excluding tert-OH is 1. The second-order valence-electron chi connectivity index (χ2n) is 9.51. The number of nitrogens with zero attached hydrogens (tertiary/aromatic N) is 2. The summed E-state index contributed by atoms with van der Waals surface area (Å²) in [6.45, 7) is 5.31. The van der Waals surface area contributed by atoms with Crippen molar-refractivity contribution in [1.29, 1.82) is 0 Å². The Bertz CT molecular complexity index is 987. The maximum atomic E-state index is 13.0. The highest BCUT2D eigenvalue weighted by atomic mass is 32.2. The van der Waals surface area contributed by atoms with Crippen LogP contribution >= 0.6 is 11.8 Å². The van der Waals surface area contributed by atoms with Crippen LogP contribution in [0.3, 0.4) is 0 Å². The minimum absolute atomic E-state index is 0.0433. The largest absolute Gasteiger partial charge is 0.493 e. The van der Waals surface area contributed by atoms with Crippen molar-refractivity contribution in [2.24, 2.45) is 5.92 Å². The number of amides is 1. The SMILES string of the molecule is O=C(CCN1CCC(Cc2cccc3c2OCC3)CC1)N1CCSc2ccc(CO)cc2C1. The van der Waals surface area contributed by atoms with Crippen LogP contribution in [-0.4, -0.2) is 59.4 Å². The Labute approximate surface area is 201 Å². The molecular formula is C27H34N2O3S. The second kappa shape index (κ2) is 10.5. The van der Waals surface area contributed by atoms with Gasteiger partial charge in [0.05, 0.1) is 13.2 Å². The number of likely N-dealkylation sites (tertiary alicyclic amines) is 1. The van der Waals surface area contributed by atoms with E-state index in [2.05, 4.69) is 29.2 Å². The molecule has 0 spiro atoms. The van der Waals surface area contributed by atoms with Crippen molar-refractivity contribution in [3.63, 3.8) is 0 Å². The van der Waals surface area contributed by atoms with Crippen molar-refractivity contribution in [1.82, 2.24) is 9.80 Å². The van der Waals surface area contributed by atoms with Crippen LogP contribution in [0.15, 0.2) is 41.3 Å². The fourth-order valence-corrected chi connectivity index (χ4v) is 6.34. The standard InChI is InChI=1S/C27H34N2O3S/c30-19-21-4-5-25-24(17-21)18-29(13-15-33-25)26(31)8-12-28-10-6-20(7-11-28)16-23-3-1-2-22-9-14-32-27(22)23/h1-5,17,20,30H,6-16,18-19H2. The molecule has 2 aromatic carbocycles. The van der Waals surface area contributed by atoms with Gasteiger partial charge in [-0.25, -0.2) is 0 Å². The van der Waals surface area contributed by atoms with Gasteiger partial charge in [-0.2, -0.15) is 0 Å². The van der Waals surface area contributed by atoms with E-state index >= 15 is 0 Å². The van der Waals surface area contributed by atoms with E-state index in [1.165, 1.54) is 28.9 Å². The molecule has 0 aromatic heterocycles. The average molecular weight is 467 g/mol. The lowest BCUT2D eigenvalue weighted by molar-refractivity contribution is -0.132. The first-order chi connectivity index (χ1) is 16.2. The lowest BCUT2D eigenvalue weighted by Crippen LogP contribution is -2.38.